The number of carboxylic acid groups (broad SMARTS) is 1. The second-order valence-corrected chi connectivity index (χ2v) is 7.02. The van der Waals surface area contributed by atoms with Crippen molar-refractivity contribution in [2.24, 2.45) is 5.92 Å². The number of aliphatic carboxylic acids is 1. The highest BCUT2D eigenvalue weighted by molar-refractivity contribution is 5.67. The Morgan fingerprint density at radius 2 is 1.86 bits per heavy atom. The fraction of sp³-hybridized carbons (Fsp3) is 0.611. The van der Waals surface area contributed by atoms with Crippen molar-refractivity contribution in [3.63, 3.8) is 0 Å². The largest absolute Gasteiger partial charge is 0.481 e. The molecule has 0 aromatic heterocycles. The second-order valence-electron chi connectivity index (χ2n) is 7.02. The Balaban J connectivity index is 1.55. The lowest BCUT2D eigenvalue weighted by atomic mass is 9.86. The second kappa shape index (κ2) is 5.13. The molecule has 3 unspecified atom stereocenters. The Labute approximate surface area is 126 Å². The van der Waals surface area contributed by atoms with E-state index in [1.54, 1.807) is 0 Å². The van der Waals surface area contributed by atoms with Gasteiger partial charge in [-0.2, -0.15) is 0 Å². The number of carbonyl (C=O) groups is 1. The third kappa shape index (κ3) is 2.28. The summed E-state index contributed by atoms with van der Waals surface area (Å²) in [4.78, 5) is 13.7. The van der Waals surface area contributed by atoms with Crippen molar-refractivity contribution in [2.75, 3.05) is 0 Å². The van der Waals surface area contributed by atoms with Crippen LogP contribution in [0.25, 0.3) is 0 Å². The summed E-state index contributed by atoms with van der Waals surface area (Å²) >= 11 is 0. The normalized spacial score (nSPS) is 34.9. The quantitative estimate of drug-likeness (QED) is 0.925. The number of benzene rings is 1. The van der Waals surface area contributed by atoms with Crippen molar-refractivity contribution in [3.05, 3.63) is 35.4 Å². The van der Waals surface area contributed by atoms with Crippen molar-refractivity contribution in [1.29, 1.82) is 0 Å². The molecule has 21 heavy (non-hydrogen) atoms. The molecular formula is C18H23NO2. The summed E-state index contributed by atoms with van der Waals surface area (Å²) < 4.78 is 0. The Kier molecular flexibility index (Phi) is 3.26. The van der Waals surface area contributed by atoms with Crippen LogP contribution in [0.1, 0.15) is 55.7 Å². The first-order valence-electron chi connectivity index (χ1n) is 8.29. The van der Waals surface area contributed by atoms with Crippen LogP contribution in [0.2, 0.25) is 0 Å². The highest BCUT2D eigenvalue weighted by Crippen LogP contribution is 2.48. The molecule has 3 atom stereocenters. The number of hydrogen-bond donors (Lipinski definition) is 1. The minimum Gasteiger partial charge on any atom is -0.481 e. The zero-order chi connectivity index (χ0) is 14.4. The predicted molar refractivity (Wildman–Crippen MR) is 81.1 cm³/mol. The number of carboxylic acids is 1. The molecule has 0 radical (unpaired) electrons. The van der Waals surface area contributed by atoms with Crippen LogP contribution in [-0.4, -0.2) is 28.1 Å². The van der Waals surface area contributed by atoms with Crippen LogP contribution in [0.4, 0.5) is 0 Å². The minimum atomic E-state index is -0.626. The van der Waals surface area contributed by atoms with Gasteiger partial charge < -0.3 is 5.11 Å². The molecule has 2 fully saturated rings. The SMILES string of the molecule is O=C(O)CC1CC2CCC(C1)N2C1CCc2ccccc21. The van der Waals surface area contributed by atoms with E-state index in [4.69, 9.17) is 5.11 Å². The van der Waals surface area contributed by atoms with E-state index in [-0.39, 0.29) is 0 Å². The average molecular weight is 285 g/mol. The maximum atomic E-state index is 11.0. The molecule has 2 bridgehead atoms. The summed E-state index contributed by atoms with van der Waals surface area (Å²) in [6.45, 7) is 0. The smallest absolute Gasteiger partial charge is 0.303 e. The average Bonchev–Trinajstić information content (AvgIpc) is 2.97. The number of piperidine rings is 1. The van der Waals surface area contributed by atoms with E-state index in [0.29, 0.717) is 30.5 Å². The standard InChI is InChI=1S/C18H23NO2/c20-18(21)11-12-9-14-6-7-15(10-12)19(14)17-8-5-13-3-1-2-4-16(13)17/h1-4,12,14-15,17H,5-11H2,(H,20,21). The lowest BCUT2D eigenvalue weighted by Crippen LogP contribution is -2.44. The molecule has 2 heterocycles. The predicted octanol–water partition coefficient (Wildman–Crippen LogP) is 3.39. The summed E-state index contributed by atoms with van der Waals surface area (Å²) in [5.41, 5.74) is 3.06. The van der Waals surface area contributed by atoms with Gasteiger partial charge in [0.05, 0.1) is 0 Å². The summed E-state index contributed by atoms with van der Waals surface area (Å²) in [6, 6.07) is 10.7. The Morgan fingerprint density at radius 3 is 2.57 bits per heavy atom. The summed E-state index contributed by atoms with van der Waals surface area (Å²) in [7, 11) is 0. The molecule has 112 valence electrons. The van der Waals surface area contributed by atoms with E-state index in [2.05, 4.69) is 29.2 Å². The first-order valence-corrected chi connectivity index (χ1v) is 8.29. The first-order chi connectivity index (χ1) is 10.2. The minimum absolute atomic E-state index is 0.363. The Hall–Kier alpha value is -1.35. The molecule has 3 heteroatoms. The van der Waals surface area contributed by atoms with Gasteiger partial charge in [0.25, 0.3) is 0 Å². The van der Waals surface area contributed by atoms with E-state index in [1.165, 1.54) is 36.8 Å². The number of rotatable bonds is 3. The third-order valence-electron chi connectivity index (χ3n) is 5.81. The van der Waals surface area contributed by atoms with Gasteiger partial charge in [-0.25, -0.2) is 0 Å². The summed E-state index contributed by atoms with van der Waals surface area (Å²) in [5.74, 6) is -0.230. The van der Waals surface area contributed by atoms with Crippen LogP contribution in [0.15, 0.2) is 24.3 Å². The number of aryl methyl sites for hydroxylation is 1. The topological polar surface area (TPSA) is 40.5 Å². The van der Waals surface area contributed by atoms with Crippen molar-refractivity contribution < 1.29 is 9.90 Å². The van der Waals surface area contributed by atoms with Gasteiger partial charge in [-0.1, -0.05) is 24.3 Å². The molecule has 1 N–H and O–H groups in total. The van der Waals surface area contributed by atoms with Crippen molar-refractivity contribution in [2.45, 2.75) is 63.1 Å². The van der Waals surface area contributed by atoms with Gasteiger partial charge in [-0.05, 0) is 55.6 Å². The molecular weight excluding hydrogens is 262 g/mol. The number of fused-ring (bicyclic) bond motifs is 3. The van der Waals surface area contributed by atoms with Crippen molar-refractivity contribution in [3.8, 4) is 0 Å². The lowest BCUT2D eigenvalue weighted by Gasteiger charge is -2.42. The maximum Gasteiger partial charge on any atom is 0.303 e. The van der Waals surface area contributed by atoms with Gasteiger partial charge in [0.1, 0.15) is 0 Å². The first kappa shape index (κ1) is 13.3. The van der Waals surface area contributed by atoms with Gasteiger partial charge in [-0.15, -0.1) is 0 Å². The van der Waals surface area contributed by atoms with Crippen LogP contribution in [0, 0.1) is 5.92 Å². The molecule has 3 nitrogen and oxygen atoms in total. The molecule has 1 aromatic carbocycles. The molecule has 0 spiro atoms. The van der Waals surface area contributed by atoms with Crippen LogP contribution in [0.3, 0.4) is 0 Å². The molecule has 1 aromatic rings. The molecule has 2 aliphatic heterocycles. The monoisotopic (exact) mass is 285 g/mol. The molecule has 1 aliphatic carbocycles. The van der Waals surface area contributed by atoms with Gasteiger partial charge in [-0.3, -0.25) is 9.69 Å². The van der Waals surface area contributed by atoms with Crippen LogP contribution in [0.5, 0.6) is 0 Å². The van der Waals surface area contributed by atoms with Gasteiger partial charge in [0.15, 0.2) is 0 Å². The van der Waals surface area contributed by atoms with Crippen molar-refractivity contribution >= 4 is 5.97 Å². The van der Waals surface area contributed by atoms with Gasteiger partial charge in [0.2, 0.25) is 0 Å². The van der Waals surface area contributed by atoms with E-state index in [0.717, 1.165) is 12.8 Å². The summed E-state index contributed by atoms with van der Waals surface area (Å²) in [5, 5.41) is 9.05. The lowest BCUT2D eigenvalue weighted by molar-refractivity contribution is -0.138. The fourth-order valence-corrected chi connectivity index (χ4v) is 5.09. The van der Waals surface area contributed by atoms with Crippen LogP contribution >= 0.6 is 0 Å². The molecule has 0 amide bonds. The van der Waals surface area contributed by atoms with Crippen LogP contribution < -0.4 is 0 Å². The maximum absolute atomic E-state index is 11.0. The van der Waals surface area contributed by atoms with E-state index in [9.17, 15) is 4.79 Å². The van der Waals surface area contributed by atoms with Crippen molar-refractivity contribution in [1.82, 2.24) is 4.90 Å². The van der Waals surface area contributed by atoms with E-state index >= 15 is 0 Å². The highest BCUT2D eigenvalue weighted by Gasteiger charge is 2.45. The van der Waals surface area contributed by atoms with Crippen LogP contribution in [-0.2, 0) is 11.2 Å². The molecule has 4 rings (SSSR count). The Morgan fingerprint density at radius 1 is 1.14 bits per heavy atom. The van der Waals surface area contributed by atoms with Gasteiger partial charge in [0, 0.05) is 24.5 Å². The fourth-order valence-electron chi connectivity index (χ4n) is 5.09. The van der Waals surface area contributed by atoms with E-state index in [1.807, 2.05) is 0 Å². The number of nitrogens with zero attached hydrogens (tertiary/aromatic N) is 1. The summed E-state index contributed by atoms with van der Waals surface area (Å²) in [6.07, 6.45) is 7.51. The number of hydrogen-bond acceptors (Lipinski definition) is 2. The molecule has 0 saturated carbocycles. The highest BCUT2D eigenvalue weighted by atomic mass is 16.4. The Bertz CT molecular complexity index is 542. The third-order valence-corrected chi connectivity index (χ3v) is 5.81. The van der Waals surface area contributed by atoms with Gasteiger partial charge >= 0.3 is 5.97 Å². The molecule has 3 aliphatic rings. The zero-order valence-electron chi connectivity index (χ0n) is 12.4. The van der Waals surface area contributed by atoms with E-state index < -0.39 is 5.97 Å². The zero-order valence-corrected chi connectivity index (χ0v) is 12.4. The molecule has 2 saturated heterocycles.